The van der Waals surface area contributed by atoms with E-state index in [2.05, 4.69) is 39.2 Å². The Labute approximate surface area is 201 Å². The third kappa shape index (κ3) is 3.01. The maximum atomic E-state index is 14.5. The third-order valence-electron chi connectivity index (χ3n) is 8.38. The normalized spacial score (nSPS) is 26.7. The number of aromatic amines is 1. The lowest BCUT2D eigenvalue weighted by molar-refractivity contribution is -0.0843. The molecule has 3 heterocycles. The van der Waals surface area contributed by atoms with Gasteiger partial charge in [0.15, 0.2) is 0 Å². The van der Waals surface area contributed by atoms with Crippen LogP contribution in [0, 0.1) is 24.0 Å². The maximum Gasteiger partial charge on any atom is 0.293 e. The van der Waals surface area contributed by atoms with E-state index in [1.54, 1.807) is 17.9 Å². The molecule has 1 aromatic carbocycles. The minimum atomic E-state index is -0.664. The van der Waals surface area contributed by atoms with E-state index in [0.29, 0.717) is 25.5 Å². The molecule has 35 heavy (non-hydrogen) atoms. The Bertz CT molecular complexity index is 1320. The monoisotopic (exact) mass is 480 g/mol. The van der Waals surface area contributed by atoms with Gasteiger partial charge >= 0.3 is 0 Å². The molecule has 2 bridgehead atoms. The predicted molar refractivity (Wildman–Crippen MR) is 122 cm³/mol. The lowest BCUT2D eigenvalue weighted by Crippen LogP contribution is -2.57. The number of nitrogens with one attached hydrogen (secondary N) is 1. The van der Waals surface area contributed by atoms with Crippen molar-refractivity contribution in [3.63, 3.8) is 0 Å². The van der Waals surface area contributed by atoms with Crippen LogP contribution in [-0.2, 0) is 10.2 Å². The summed E-state index contributed by atoms with van der Waals surface area (Å²) in [7, 11) is 0. The number of aryl methyl sites for hydroxylation is 1. The Balaban J connectivity index is 1.39. The number of aromatic nitrogens is 5. The molecule has 3 atom stereocenters. The molecule has 3 aliphatic rings. The smallest absolute Gasteiger partial charge is 0.293 e. The average Bonchev–Trinajstić information content (AvgIpc) is 3.45. The number of fused-ring (bicyclic) bond motifs is 5. The van der Waals surface area contributed by atoms with Gasteiger partial charge in [0.1, 0.15) is 17.5 Å². The van der Waals surface area contributed by atoms with Crippen LogP contribution >= 0.6 is 0 Å². The van der Waals surface area contributed by atoms with Crippen molar-refractivity contribution >= 4 is 5.91 Å². The lowest BCUT2D eigenvalue weighted by Gasteiger charge is -2.47. The van der Waals surface area contributed by atoms with Crippen molar-refractivity contribution in [2.75, 3.05) is 19.7 Å². The molecule has 1 saturated heterocycles. The fraction of sp³-hybridized carbons (Fsp3) is 0.480. The number of amides is 1. The number of carbonyl (C=O) groups is 1. The molecule has 0 radical (unpaired) electrons. The summed E-state index contributed by atoms with van der Waals surface area (Å²) < 4.78 is 35.3. The fourth-order valence-electron chi connectivity index (χ4n) is 6.66. The molecule has 2 aliphatic carbocycles. The first-order valence-electron chi connectivity index (χ1n) is 11.9. The van der Waals surface area contributed by atoms with E-state index < -0.39 is 17.0 Å². The first kappa shape index (κ1) is 22.2. The van der Waals surface area contributed by atoms with E-state index in [-0.39, 0.29) is 40.4 Å². The van der Waals surface area contributed by atoms with Crippen LogP contribution in [0.4, 0.5) is 8.78 Å². The lowest BCUT2D eigenvalue weighted by atomic mass is 9.64. The van der Waals surface area contributed by atoms with Crippen molar-refractivity contribution in [2.24, 2.45) is 5.41 Å². The minimum Gasteiger partial charge on any atom is -0.374 e. The molecule has 1 amide bonds. The van der Waals surface area contributed by atoms with E-state index >= 15 is 0 Å². The average molecular weight is 481 g/mol. The molecule has 10 heteroatoms. The summed E-state index contributed by atoms with van der Waals surface area (Å²) in [5.74, 6) is -0.689. The topological polar surface area (TPSA) is 96.9 Å². The molecule has 2 fully saturated rings. The molecule has 1 N–H and O–H groups in total. The van der Waals surface area contributed by atoms with Crippen molar-refractivity contribution < 1.29 is 18.3 Å². The van der Waals surface area contributed by atoms with Gasteiger partial charge in [-0.2, -0.15) is 10.2 Å². The highest BCUT2D eigenvalue weighted by Gasteiger charge is 2.67. The van der Waals surface area contributed by atoms with Crippen molar-refractivity contribution in [3.05, 3.63) is 58.8 Å². The molecular weight excluding hydrogens is 454 g/mol. The number of morpholine rings is 1. The van der Waals surface area contributed by atoms with Crippen LogP contribution in [0.15, 0.2) is 24.3 Å². The molecule has 3 aromatic rings. The van der Waals surface area contributed by atoms with Gasteiger partial charge < -0.3 is 9.64 Å². The zero-order chi connectivity index (χ0) is 24.5. The summed E-state index contributed by atoms with van der Waals surface area (Å²) in [4.78, 5) is 19.0. The van der Waals surface area contributed by atoms with Gasteiger partial charge in [0.25, 0.3) is 5.91 Å². The van der Waals surface area contributed by atoms with Crippen LogP contribution in [0.2, 0.25) is 0 Å². The van der Waals surface area contributed by atoms with Crippen molar-refractivity contribution in [3.8, 4) is 11.3 Å². The summed E-state index contributed by atoms with van der Waals surface area (Å²) in [5.41, 5.74) is 1.09. The zero-order valence-corrected chi connectivity index (χ0v) is 19.8. The highest BCUT2D eigenvalue weighted by Crippen LogP contribution is 2.69. The number of carbonyl (C=O) groups excluding carboxylic acids is 1. The molecule has 8 nitrogen and oxygen atoms in total. The van der Waals surface area contributed by atoms with Crippen molar-refractivity contribution in [1.82, 2.24) is 30.3 Å². The second-order valence-electron chi connectivity index (χ2n) is 10.3. The quantitative estimate of drug-likeness (QED) is 0.616. The van der Waals surface area contributed by atoms with E-state index in [1.165, 1.54) is 18.2 Å². The summed E-state index contributed by atoms with van der Waals surface area (Å²) >= 11 is 0. The summed E-state index contributed by atoms with van der Waals surface area (Å²) in [6.07, 6.45) is 1.44. The number of rotatable bonds is 3. The number of nitrogens with zero attached hydrogens (tertiary/aromatic N) is 5. The number of ether oxygens (including phenoxy) is 1. The first-order chi connectivity index (χ1) is 16.7. The Morgan fingerprint density at radius 1 is 1.23 bits per heavy atom. The number of halogens is 2. The van der Waals surface area contributed by atoms with Gasteiger partial charge in [0.05, 0.1) is 29.7 Å². The molecule has 6 rings (SSSR count). The van der Waals surface area contributed by atoms with Crippen LogP contribution in [0.3, 0.4) is 0 Å². The summed E-state index contributed by atoms with van der Waals surface area (Å²) in [6.45, 7) is 7.36. The van der Waals surface area contributed by atoms with E-state index in [9.17, 15) is 13.6 Å². The third-order valence-corrected chi connectivity index (χ3v) is 8.38. The van der Waals surface area contributed by atoms with Gasteiger partial charge in [-0.1, -0.05) is 19.9 Å². The predicted octanol–water partition coefficient (Wildman–Crippen LogP) is 3.54. The van der Waals surface area contributed by atoms with Gasteiger partial charge in [0.2, 0.25) is 5.82 Å². The van der Waals surface area contributed by atoms with E-state index in [0.717, 1.165) is 24.1 Å². The Morgan fingerprint density at radius 3 is 2.71 bits per heavy atom. The summed E-state index contributed by atoms with van der Waals surface area (Å²) in [5, 5.41) is 15.6. The largest absolute Gasteiger partial charge is 0.374 e. The van der Waals surface area contributed by atoms with Crippen molar-refractivity contribution in [2.45, 2.75) is 51.0 Å². The summed E-state index contributed by atoms with van der Waals surface area (Å²) in [6, 6.07) is 5.58. The number of H-pyrrole nitrogens is 1. The second-order valence-corrected chi connectivity index (χ2v) is 10.3. The Morgan fingerprint density at radius 2 is 2.00 bits per heavy atom. The molecule has 182 valence electrons. The van der Waals surface area contributed by atoms with Crippen LogP contribution < -0.4 is 0 Å². The Kier molecular flexibility index (Phi) is 4.83. The number of benzene rings is 1. The SMILES string of the molecule is Cc1nc(C(=O)N2CCO[C@@H](C34CC[C@@H](c5cc(-c6c(F)cccc6F)nnc53)C4(C)C)C2)n[nH]1. The number of hydrogen-bond acceptors (Lipinski definition) is 6. The van der Waals surface area contributed by atoms with Crippen molar-refractivity contribution in [1.29, 1.82) is 0 Å². The van der Waals surface area contributed by atoms with Gasteiger partial charge in [-0.25, -0.2) is 13.8 Å². The maximum absolute atomic E-state index is 14.5. The van der Waals surface area contributed by atoms with Crippen LogP contribution in [0.5, 0.6) is 0 Å². The van der Waals surface area contributed by atoms with Gasteiger partial charge in [0, 0.05) is 18.5 Å². The molecule has 0 spiro atoms. The highest BCUT2D eigenvalue weighted by molar-refractivity contribution is 5.90. The standard InChI is InChI=1S/C25H26F2N6O2/c1-13-28-22(32-29-13)23(34)33-9-10-35-19(12-33)25-8-7-15(24(25,2)3)14-11-18(30-31-21(14)25)20-16(26)5-4-6-17(20)27/h4-6,11,15,19H,7-10,12H2,1-3H3,(H,28,29,32)/t15-,19+,25?/m0/s1. The van der Waals surface area contributed by atoms with Crippen LogP contribution in [0.1, 0.15) is 60.3 Å². The first-order valence-corrected chi connectivity index (χ1v) is 11.9. The molecule has 1 unspecified atom stereocenters. The second kappa shape index (κ2) is 7.61. The highest BCUT2D eigenvalue weighted by atomic mass is 19.1. The van der Waals surface area contributed by atoms with E-state index in [4.69, 9.17) is 4.74 Å². The minimum absolute atomic E-state index is 0.145. The van der Waals surface area contributed by atoms with Gasteiger partial charge in [-0.05, 0) is 54.9 Å². The Hall–Kier alpha value is -3.27. The number of hydrogen-bond donors (Lipinski definition) is 1. The molecular formula is C25H26F2N6O2. The van der Waals surface area contributed by atoms with E-state index in [1.807, 2.05) is 0 Å². The van der Waals surface area contributed by atoms with Crippen LogP contribution in [0.25, 0.3) is 11.3 Å². The molecule has 1 aliphatic heterocycles. The molecule has 2 aromatic heterocycles. The van der Waals surface area contributed by atoms with Crippen LogP contribution in [-0.4, -0.2) is 62.0 Å². The van der Waals surface area contributed by atoms with Gasteiger partial charge in [-0.15, -0.1) is 5.10 Å². The van der Waals surface area contributed by atoms with Gasteiger partial charge in [-0.3, -0.25) is 9.89 Å². The fourth-order valence-corrected chi connectivity index (χ4v) is 6.66. The molecule has 1 saturated carbocycles. The zero-order valence-electron chi connectivity index (χ0n) is 19.8.